The number of hydrogen-bond acceptors (Lipinski definition) is 4. The van der Waals surface area contributed by atoms with Crippen LogP contribution in [0, 0.1) is 61.6 Å². The second-order valence-electron chi connectivity index (χ2n) is 15.8. The minimum atomic E-state index is -0.631. The number of fused-ring (bicyclic) bond motifs is 3. The Morgan fingerprint density at radius 1 is 1.10 bits per heavy atom. The third kappa shape index (κ3) is 5.07. The first kappa shape index (κ1) is 32.3. The van der Waals surface area contributed by atoms with Gasteiger partial charge in [-0.2, -0.15) is 5.26 Å². The van der Waals surface area contributed by atoms with Gasteiger partial charge >= 0.3 is 0 Å². The van der Waals surface area contributed by atoms with Gasteiger partial charge in [-0.15, -0.1) is 11.6 Å². The highest BCUT2D eigenvalue weighted by atomic mass is 35.5. The lowest BCUT2D eigenvalue weighted by atomic mass is 9.35. The lowest BCUT2D eigenvalue weighted by molar-refractivity contribution is -0.188. The fraction of sp³-hybridized carbons (Fsp3) is 0.853. The Bertz CT molecular complexity index is 1060. The van der Waals surface area contributed by atoms with Crippen LogP contribution in [0.25, 0.3) is 0 Å². The van der Waals surface area contributed by atoms with Crippen molar-refractivity contribution in [2.24, 2.45) is 50.2 Å². The normalized spacial score (nSPS) is 38.6. The lowest BCUT2D eigenvalue weighted by Gasteiger charge is -2.68. The quantitative estimate of drug-likeness (QED) is 0.288. The first-order chi connectivity index (χ1) is 17.8. The Balaban J connectivity index is 2.04. The number of carbonyl (C=O) groups is 2. The van der Waals surface area contributed by atoms with Crippen molar-refractivity contribution in [3.63, 3.8) is 0 Å². The van der Waals surface area contributed by atoms with Crippen LogP contribution in [0.3, 0.4) is 0 Å². The van der Waals surface area contributed by atoms with E-state index in [0.717, 1.165) is 44.9 Å². The number of allylic oxidation sites excluding steroid dienone is 2. The van der Waals surface area contributed by atoms with Crippen molar-refractivity contribution in [1.29, 1.82) is 5.26 Å². The van der Waals surface area contributed by atoms with E-state index in [4.69, 9.17) is 11.6 Å². The SMILES string of the molecule is CCC(C)(C)CC[C@@](C)(CC[C@]1(C)C(C)C(=O)C[C@@H]2[C@@]3(C)C=C(C#N)C(=O)C(C)(C)[C@@H]3CC[C@]21C)C(O)CCl. The first-order valence-electron chi connectivity index (χ1n) is 15.2. The first-order valence-corrected chi connectivity index (χ1v) is 15.8. The van der Waals surface area contributed by atoms with Crippen LogP contribution >= 0.6 is 11.6 Å². The van der Waals surface area contributed by atoms with Gasteiger partial charge in [0.2, 0.25) is 0 Å². The molecule has 39 heavy (non-hydrogen) atoms. The molecule has 0 aliphatic heterocycles. The molecule has 0 heterocycles. The second-order valence-corrected chi connectivity index (χ2v) is 16.1. The largest absolute Gasteiger partial charge is 0.391 e. The van der Waals surface area contributed by atoms with Crippen LogP contribution in [-0.2, 0) is 9.59 Å². The van der Waals surface area contributed by atoms with Crippen LogP contribution in [0.1, 0.15) is 121 Å². The number of aliphatic hydroxyl groups excluding tert-OH is 1. The molecule has 5 heteroatoms. The molecule has 0 spiro atoms. The molecule has 0 saturated heterocycles. The summed E-state index contributed by atoms with van der Waals surface area (Å²) in [5, 5.41) is 21.0. The van der Waals surface area contributed by atoms with Crippen molar-refractivity contribution in [3.05, 3.63) is 11.6 Å². The number of carbonyl (C=O) groups excluding carboxylic acids is 2. The van der Waals surface area contributed by atoms with E-state index in [1.807, 2.05) is 19.9 Å². The number of ketones is 2. The van der Waals surface area contributed by atoms with Crippen LogP contribution in [0.15, 0.2) is 11.6 Å². The maximum absolute atomic E-state index is 13.8. The Hall–Kier alpha value is -1.18. The number of nitrogens with zero attached hydrogens (tertiary/aromatic N) is 1. The highest BCUT2D eigenvalue weighted by molar-refractivity contribution is 6.18. The molecule has 3 aliphatic carbocycles. The van der Waals surface area contributed by atoms with E-state index in [1.165, 1.54) is 0 Å². The van der Waals surface area contributed by atoms with E-state index in [0.29, 0.717) is 6.42 Å². The molecular weight excluding hydrogens is 506 g/mol. The van der Waals surface area contributed by atoms with Gasteiger partial charge in [0.25, 0.3) is 0 Å². The van der Waals surface area contributed by atoms with Crippen molar-refractivity contribution < 1.29 is 14.7 Å². The summed E-state index contributed by atoms with van der Waals surface area (Å²) < 4.78 is 0. The smallest absolute Gasteiger partial charge is 0.178 e. The fourth-order valence-electron chi connectivity index (χ4n) is 9.01. The Morgan fingerprint density at radius 3 is 2.26 bits per heavy atom. The van der Waals surface area contributed by atoms with Crippen molar-refractivity contribution >= 4 is 23.2 Å². The molecule has 0 aromatic carbocycles. The van der Waals surface area contributed by atoms with Gasteiger partial charge in [0.1, 0.15) is 11.9 Å². The highest BCUT2D eigenvalue weighted by Crippen LogP contribution is 2.71. The van der Waals surface area contributed by atoms with E-state index < -0.39 is 16.9 Å². The van der Waals surface area contributed by atoms with Crippen molar-refractivity contribution in [1.82, 2.24) is 0 Å². The van der Waals surface area contributed by atoms with E-state index in [2.05, 4.69) is 61.5 Å². The summed E-state index contributed by atoms with van der Waals surface area (Å²) in [4.78, 5) is 27.0. The summed E-state index contributed by atoms with van der Waals surface area (Å²) in [6.45, 7) is 22.0. The predicted octanol–water partition coefficient (Wildman–Crippen LogP) is 8.30. The molecule has 0 aromatic heterocycles. The summed E-state index contributed by atoms with van der Waals surface area (Å²) in [6, 6.07) is 2.20. The van der Waals surface area contributed by atoms with Gasteiger partial charge < -0.3 is 5.11 Å². The van der Waals surface area contributed by atoms with Gasteiger partial charge in [0.05, 0.1) is 11.7 Å². The molecular formula is C34H54ClNO3. The molecule has 220 valence electrons. The molecule has 4 nitrogen and oxygen atoms in total. The third-order valence-corrected chi connectivity index (χ3v) is 13.4. The zero-order chi connectivity index (χ0) is 29.8. The molecule has 0 amide bonds. The number of aliphatic hydroxyl groups is 1. The van der Waals surface area contributed by atoms with Gasteiger partial charge in [-0.3, -0.25) is 9.59 Å². The second kappa shape index (κ2) is 10.6. The Morgan fingerprint density at radius 2 is 1.72 bits per heavy atom. The fourth-order valence-corrected chi connectivity index (χ4v) is 9.38. The number of halogens is 1. The average Bonchev–Trinajstić information content (AvgIpc) is 2.88. The standard InChI is InChI=1S/C34H54ClNO3/c1-11-29(3,4)14-15-31(7,27(38)20-35)16-17-33(9)22(2)24(37)18-26-32(8)19-23(21-36)28(39)30(5,6)25(32)12-13-34(26,33)10/h19,22,25-27,38H,11-18,20H2,1-10H3/t22?,25-,26+,27?,31-,32-,33+,34+/m0/s1. The number of Topliss-reactive ketones (excluding diaryl/α,β-unsaturated/α-hetero) is 2. The minimum absolute atomic E-state index is 0.0522. The van der Waals surface area contributed by atoms with Crippen LogP contribution < -0.4 is 0 Å². The molecule has 1 N–H and O–H groups in total. The minimum Gasteiger partial charge on any atom is -0.391 e. The maximum atomic E-state index is 13.8. The van der Waals surface area contributed by atoms with Crippen molar-refractivity contribution in [2.75, 3.05) is 5.88 Å². The molecule has 3 aliphatic rings. The summed E-state index contributed by atoms with van der Waals surface area (Å²) in [5.41, 5.74) is -1.34. The highest BCUT2D eigenvalue weighted by Gasteiger charge is 2.67. The zero-order valence-corrected chi connectivity index (χ0v) is 27.1. The summed E-state index contributed by atoms with van der Waals surface area (Å²) in [6.07, 6.45) is 8.33. The lowest BCUT2D eigenvalue weighted by Crippen LogP contribution is -2.64. The Kier molecular flexibility index (Phi) is 8.77. The molecule has 0 aromatic rings. The van der Waals surface area contributed by atoms with Gasteiger partial charge in [-0.25, -0.2) is 0 Å². The van der Waals surface area contributed by atoms with E-state index in [-0.39, 0.29) is 62.4 Å². The van der Waals surface area contributed by atoms with Crippen LogP contribution in [0.2, 0.25) is 0 Å². The summed E-state index contributed by atoms with van der Waals surface area (Å²) >= 11 is 6.26. The predicted molar refractivity (Wildman–Crippen MR) is 159 cm³/mol. The summed E-state index contributed by atoms with van der Waals surface area (Å²) in [7, 11) is 0. The maximum Gasteiger partial charge on any atom is 0.178 e. The van der Waals surface area contributed by atoms with Crippen LogP contribution in [0.4, 0.5) is 0 Å². The zero-order valence-electron chi connectivity index (χ0n) is 26.3. The number of hydrogen-bond donors (Lipinski definition) is 1. The van der Waals surface area contributed by atoms with E-state index in [1.54, 1.807) is 0 Å². The number of alkyl halides is 1. The topological polar surface area (TPSA) is 78.2 Å². The monoisotopic (exact) mass is 559 g/mol. The molecule has 0 radical (unpaired) electrons. The van der Waals surface area contributed by atoms with Gasteiger partial charge in [-0.1, -0.05) is 81.7 Å². The van der Waals surface area contributed by atoms with E-state index >= 15 is 0 Å². The van der Waals surface area contributed by atoms with Crippen molar-refractivity contribution in [2.45, 2.75) is 127 Å². The van der Waals surface area contributed by atoms with Crippen LogP contribution in [-0.4, -0.2) is 28.7 Å². The Labute approximate surface area is 243 Å². The van der Waals surface area contributed by atoms with Crippen LogP contribution in [0.5, 0.6) is 0 Å². The molecule has 2 saturated carbocycles. The summed E-state index contributed by atoms with van der Waals surface area (Å²) in [5.74, 6) is 0.485. The molecule has 2 unspecified atom stereocenters. The third-order valence-electron chi connectivity index (χ3n) is 13.1. The number of nitriles is 1. The average molecular weight is 560 g/mol. The molecule has 2 fully saturated rings. The van der Waals surface area contributed by atoms with Gasteiger partial charge in [0.15, 0.2) is 5.78 Å². The number of rotatable bonds is 9. The van der Waals surface area contributed by atoms with E-state index in [9.17, 15) is 20.0 Å². The van der Waals surface area contributed by atoms with Gasteiger partial charge in [-0.05, 0) is 77.4 Å². The molecule has 8 atom stereocenters. The molecule has 0 bridgehead atoms. The van der Waals surface area contributed by atoms with Gasteiger partial charge in [0, 0.05) is 23.6 Å². The van der Waals surface area contributed by atoms with Crippen molar-refractivity contribution in [3.8, 4) is 6.07 Å². The molecule has 3 rings (SSSR count).